The van der Waals surface area contributed by atoms with Gasteiger partial charge in [0, 0.05) is 25.2 Å². The molecule has 1 atom stereocenters. The van der Waals surface area contributed by atoms with Crippen LogP contribution < -0.4 is 4.90 Å². The Morgan fingerprint density at radius 2 is 2.42 bits per heavy atom. The minimum Gasteiger partial charge on any atom is -0.481 e. The molecule has 1 aliphatic heterocycles. The molecule has 1 unspecified atom stereocenters. The van der Waals surface area contributed by atoms with Crippen LogP contribution in [0.15, 0.2) is 6.07 Å². The topological polar surface area (TPSA) is 90.1 Å². The average Bonchev–Trinajstić information content (AvgIpc) is 2.37. The van der Waals surface area contributed by atoms with Gasteiger partial charge in [0.25, 0.3) is 0 Å². The third-order valence-electron chi connectivity index (χ3n) is 3.22. The SMILES string of the molecule is Cc1cc(C#N)nc(N2CCCC(CC(=O)O)C2)n1. The van der Waals surface area contributed by atoms with Gasteiger partial charge < -0.3 is 10.0 Å². The lowest BCUT2D eigenvalue weighted by atomic mass is 9.95. The molecule has 1 fully saturated rings. The number of carboxylic acids is 1. The van der Waals surface area contributed by atoms with Crippen molar-refractivity contribution in [3.05, 3.63) is 17.5 Å². The van der Waals surface area contributed by atoms with Gasteiger partial charge in [0.2, 0.25) is 5.95 Å². The average molecular weight is 260 g/mol. The number of carbonyl (C=O) groups is 1. The highest BCUT2D eigenvalue weighted by Crippen LogP contribution is 2.23. The van der Waals surface area contributed by atoms with Crippen LogP contribution in [0.4, 0.5) is 5.95 Å². The third-order valence-corrected chi connectivity index (χ3v) is 3.22. The molecule has 2 heterocycles. The summed E-state index contributed by atoms with van der Waals surface area (Å²) >= 11 is 0. The molecular weight excluding hydrogens is 244 g/mol. The Labute approximate surface area is 111 Å². The first-order valence-electron chi connectivity index (χ1n) is 6.31. The van der Waals surface area contributed by atoms with Gasteiger partial charge in [-0.1, -0.05) is 0 Å². The fourth-order valence-electron chi connectivity index (χ4n) is 2.41. The number of aromatic nitrogens is 2. The van der Waals surface area contributed by atoms with Crippen molar-refractivity contribution in [3.63, 3.8) is 0 Å². The van der Waals surface area contributed by atoms with E-state index in [4.69, 9.17) is 10.4 Å². The summed E-state index contributed by atoms with van der Waals surface area (Å²) in [6, 6.07) is 3.66. The molecule has 0 spiro atoms. The molecule has 6 nitrogen and oxygen atoms in total. The van der Waals surface area contributed by atoms with Crippen molar-refractivity contribution < 1.29 is 9.90 Å². The van der Waals surface area contributed by atoms with E-state index in [0.29, 0.717) is 18.2 Å². The lowest BCUT2D eigenvalue weighted by Crippen LogP contribution is -2.37. The molecule has 1 saturated heterocycles. The molecule has 0 amide bonds. The highest BCUT2D eigenvalue weighted by atomic mass is 16.4. The molecule has 100 valence electrons. The molecule has 2 rings (SSSR count). The van der Waals surface area contributed by atoms with Gasteiger partial charge in [-0.25, -0.2) is 9.97 Å². The Morgan fingerprint density at radius 1 is 1.63 bits per heavy atom. The highest BCUT2D eigenvalue weighted by Gasteiger charge is 2.24. The maximum absolute atomic E-state index is 10.8. The predicted octanol–water partition coefficient (Wildman–Crippen LogP) is 1.35. The van der Waals surface area contributed by atoms with Gasteiger partial charge >= 0.3 is 5.97 Å². The van der Waals surface area contributed by atoms with Crippen LogP contribution in [0.2, 0.25) is 0 Å². The van der Waals surface area contributed by atoms with Crippen LogP contribution in [0.5, 0.6) is 0 Å². The molecule has 0 bridgehead atoms. The van der Waals surface area contributed by atoms with E-state index < -0.39 is 5.97 Å². The summed E-state index contributed by atoms with van der Waals surface area (Å²) in [7, 11) is 0. The van der Waals surface area contributed by atoms with E-state index in [1.807, 2.05) is 17.9 Å². The molecule has 1 aliphatic rings. The number of anilines is 1. The van der Waals surface area contributed by atoms with Crippen molar-refractivity contribution in [2.45, 2.75) is 26.2 Å². The number of aliphatic carboxylic acids is 1. The van der Waals surface area contributed by atoms with Crippen LogP contribution in [0.25, 0.3) is 0 Å². The summed E-state index contributed by atoms with van der Waals surface area (Å²) in [5.74, 6) is -0.109. The van der Waals surface area contributed by atoms with Crippen LogP contribution in [0, 0.1) is 24.2 Å². The van der Waals surface area contributed by atoms with Crippen molar-refractivity contribution in [1.82, 2.24) is 9.97 Å². The van der Waals surface area contributed by atoms with Crippen LogP contribution in [-0.4, -0.2) is 34.1 Å². The van der Waals surface area contributed by atoms with Gasteiger partial charge in [0.1, 0.15) is 11.8 Å². The number of carboxylic acid groups (broad SMARTS) is 1. The molecule has 1 aromatic heterocycles. The highest BCUT2D eigenvalue weighted by molar-refractivity contribution is 5.67. The summed E-state index contributed by atoms with van der Waals surface area (Å²) in [6.07, 6.45) is 2.02. The fourth-order valence-corrected chi connectivity index (χ4v) is 2.41. The Kier molecular flexibility index (Phi) is 3.95. The Bertz CT molecular complexity index is 524. The number of nitriles is 1. The number of hydrogen-bond donors (Lipinski definition) is 1. The van der Waals surface area contributed by atoms with Crippen molar-refractivity contribution in [3.8, 4) is 6.07 Å². The van der Waals surface area contributed by atoms with E-state index in [-0.39, 0.29) is 12.3 Å². The number of nitrogens with zero attached hydrogens (tertiary/aromatic N) is 4. The van der Waals surface area contributed by atoms with Gasteiger partial charge in [0.05, 0.1) is 0 Å². The van der Waals surface area contributed by atoms with Crippen LogP contribution >= 0.6 is 0 Å². The minimum absolute atomic E-state index is 0.126. The summed E-state index contributed by atoms with van der Waals surface area (Å²) < 4.78 is 0. The van der Waals surface area contributed by atoms with Crippen LogP contribution in [-0.2, 0) is 4.79 Å². The van der Waals surface area contributed by atoms with Crippen molar-refractivity contribution in [1.29, 1.82) is 5.26 Å². The van der Waals surface area contributed by atoms with E-state index in [1.165, 1.54) is 0 Å². The predicted molar refractivity (Wildman–Crippen MR) is 68.7 cm³/mol. The Hall–Kier alpha value is -2.16. The standard InChI is InChI=1S/C13H16N4O2/c1-9-5-11(7-14)16-13(15-9)17-4-2-3-10(8-17)6-12(18)19/h5,10H,2-4,6,8H2,1H3,(H,18,19). The molecule has 0 saturated carbocycles. The largest absolute Gasteiger partial charge is 0.481 e. The number of piperidine rings is 1. The third kappa shape index (κ3) is 3.41. The zero-order valence-electron chi connectivity index (χ0n) is 10.8. The first kappa shape index (κ1) is 13.3. The van der Waals surface area contributed by atoms with E-state index in [9.17, 15) is 4.79 Å². The van der Waals surface area contributed by atoms with Crippen LogP contribution in [0.1, 0.15) is 30.7 Å². The van der Waals surface area contributed by atoms with Crippen molar-refractivity contribution >= 4 is 11.9 Å². The molecular formula is C13H16N4O2. The molecule has 1 aromatic rings. The molecule has 6 heteroatoms. The zero-order valence-corrected chi connectivity index (χ0v) is 10.8. The smallest absolute Gasteiger partial charge is 0.303 e. The molecule has 0 aromatic carbocycles. The monoisotopic (exact) mass is 260 g/mol. The second kappa shape index (κ2) is 5.65. The second-order valence-electron chi connectivity index (χ2n) is 4.86. The van der Waals surface area contributed by atoms with Gasteiger partial charge in [0.15, 0.2) is 0 Å². The summed E-state index contributed by atoms with van der Waals surface area (Å²) in [6.45, 7) is 3.27. The van der Waals surface area contributed by atoms with E-state index in [0.717, 1.165) is 25.1 Å². The van der Waals surface area contributed by atoms with Gasteiger partial charge in [-0.05, 0) is 31.7 Å². The summed E-state index contributed by atoms with van der Waals surface area (Å²) in [5.41, 5.74) is 1.10. The number of aryl methyl sites for hydroxylation is 1. The summed E-state index contributed by atoms with van der Waals surface area (Å²) in [5, 5.41) is 17.8. The molecule has 0 aliphatic carbocycles. The number of rotatable bonds is 3. The van der Waals surface area contributed by atoms with Gasteiger partial charge in [-0.15, -0.1) is 0 Å². The van der Waals surface area contributed by atoms with E-state index in [2.05, 4.69) is 9.97 Å². The molecule has 0 radical (unpaired) electrons. The van der Waals surface area contributed by atoms with Crippen molar-refractivity contribution in [2.24, 2.45) is 5.92 Å². The fraction of sp³-hybridized carbons (Fsp3) is 0.538. The maximum Gasteiger partial charge on any atom is 0.303 e. The van der Waals surface area contributed by atoms with Crippen molar-refractivity contribution in [2.75, 3.05) is 18.0 Å². The lowest BCUT2D eigenvalue weighted by Gasteiger charge is -2.32. The van der Waals surface area contributed by atoms with Gasteiger partial charge in [-0.2, -0.15) is 5.26 Å². The molecule has 1 N–H and O–H groups in total. The lowest BCUT2D eigenvalue weighted by molar-refractivity contribution is -0.138. The zero-order chi connectivity index (χ0) is 13.8. The second-order valence-corrected chi connectivity index (χ2v) is 4.86. The maximum atomic E-state index is 10.8. The Balaban J connectivity index is 2.15. The molecule has 19 heavy (non-hydrogen) atoms. The normalized spacial score (nSPS) is 18.9. The summed E-state index contributed by atoms with van der Waals surface area (Å²) in [4.78, 5) is 21.3. The Morgan fingerprint density at radius 3 is 3.11 bits per heavy atom. The minimum atomic E-state index is -0.769. The number of hydrogen-bond acceptors (Lipinski definition) is 5. The quantitative estimate of drug-likeness (QED) is 0.882. The van der Waals surface area contributed by atoms with Gasteiger partial charge in [-0.3, -0.25) is 4.79 Å². The first-order chi connectivity index (χ1) is 9.08. The van der Waals surface area contributed by atoms with Crippen LogP contribution in [0.3, 0.4) is 0 Å². The van der Waals surface area contributed by atoms with E-state index >= 15 is 0 Å². The van der Waals surface area contributed by atoms with E-state index in [1.54, 1.807) is 6.07 Å². The first-order valence-corrected chi connectivity index (χ1v) is 6.31.